The van der Waals surface area contributed by atoms with Gasteiger partial charge in [0.25, 0.3) is 0 Å². The first-order valence-corrected chi connectivity index (χ1v) is 10.6. The highest BCUT2D eigenvalue weighted by molar-refractivity contribution is 9.09. The molecule has 0 aromatic rings. The van der Waals surface area contributed by atoms with E-state index in [2.05, 4.69) is 38.4 Å². The third kappa shape index (κ3) is 5.48. The summed E-state index contributed by atoms with van der Waals surface area (Å²) < 4.78 is 21.5. The molecule has 1 fully saturated rings. The van der Waals surface area contributed by atoms with Crippen LogP contribution in [0.5, 0.6) is 0 Å². The Bertz CT molecular complexity index is 400. The summed E-state index contributed by atoms with van der Waals surface area (Å²) in [5, 5.41) is 1.49. The molecule has 0 unspecified atom stereocenters. The van der Waals surface area contributed by atoms with Crippen molar-refractivity contribution in [1.82, 2.24) is 0 Å². The fraction of sp³-hybridized carbons (Fsp3) is 0.727. The van der Waals surface area contributed by atoms with Gasteiger partial charge in [-0.1, -0.05) is 38.4 Å². The molecule has 0 aliphatic carbocycles. The van der Waals surface area contributed by atoms with Crippen molar-refractivity contribution >= 4 is 56.4 Å². The maximum absolute atomic E-state index is 11.2. The van der Waals surface area contributed by atoms with E-state index >= 15 is 0 Å². The number of alkyl halides is 2. The molecule has 0 saturated carbocycles. The first-order valence-electron chi connectivity index (χ1n) is 5.85. The Balaban J connectivity index is 2.33. The van der Waals surface area contributed by atoms with E-state index in [1.54, 1.807) is 6.92 Å². The van der Waals surface area contributed by atoms with Gasteiger partial charge in [0, 0.05) is 21.6 Å². The maximum Gasteiger partial charge on any atom is 0.333 e. The smallest absolute Gasteiger partial charge is 0.333 e. The molecule has 116 valence electrons. The summed E-state index contributed by atoms with van der Waals surface area (Å²) in [6.07, 6.45) is 0. The molecule has 1 heterocycles. The van der Waals surface area contributed by atoms with Crippen LogP contribution in [0.1, 0.15) is 6.92 Å². The minimum atomic E-state index is -2.73. The van der Waals surface area contributed by atoms with Gasteiger partial charge < -0.3 is 18.3 Å². The van der Waals surface area contributed by atoms with Crippen LogP contribution in [0.25, 0.3) is 0 Å². The van der Waals surface area contributed by atoms with Crippen molar-refractivity contribution < 1.29 is 23.1 Å². The molecule has 0 amide bonds. The Kier molecular flexibility index (Phi) is 7.84. The molecule has 1 aliphatic heterocycles. The number of halogens is 2. The summed E-state index contributed by atoms with van der Waals surface area (Å²) in [4.78, 5) is 11.2. The predicted octanol–water partition coefficient (Wildman–Crippen LogP) is 3.17. The summed E-state index contributed by atoms with van der Waals surface area (Å²) in [6, 6.07) is 0. The zero-order chi connectivity index (χ0) is 15.2. The molecule has 1 rings (SSSR count). The van der Waals surface area contributed by atoms with E-state index in [1.165, 1.54) is 0 Å². The normalized spacial score (nSPS) is 20.4. The van der Waals surface area contributed by atoms with E-state index in [0.717, 1.165) is 10.7 Å². The molecule has 0 aromatic carbocycles. The van der Waals surface area contributed by atoms with Gasteiger partial charge in [0.1, 0.15) is 6.61 Å². The highest BCUT2D eigenvalue weighted by Gasteiger charge is 2.39. The van der Waals surface area contributed by atoms with Crippen molar-refractivity contribution in [2.75, 3.05) is 37.1 Å². The van der Waals surface area contributed by atoms with Crippen molar-refractivity contribution in [2.45, 2.75) is 6.92 Å². The van der Waals surface area contributed by atoms with Gasteiger partial charge in [0.05, 0.1) is 19.8 Å². The zero-order valence-corrected chi connectivity index (χ0v) is 16.0. The van der Waals surface area contributed by atoms with E-state index in [4.69, 9.17) is 30.1 Å². The summed E-state index contributed by atoms with van der Waals surface area (Å²) in [5.74, 6) is -0.451. The predicted molar refractivity (Wildman–Crippen MR) is 87.9 cm³/mol. The largest absolute Gasteiger partial charge is 0.460 e. The molecule has 0 radical (unpaired) electrons. The average molecular weight is 452 g/mol. The molecular weight excluding hydrogens is 435 g/mol. The zero-order valence-electron chi connectivity index (χ0n) is 11.1. The molecular formula is C11H17Br2O5PS. The Labute approximate surface area is 140 Å². The van der Waals surface area contributed by atoms with Crippen LogP contribution < -0.4 is 0 Å². The van der Waals surface area contributed by atoms with Gasteiger partial charge in [0.2, 0.25) is 0 Å². The molecule has 9 heteroatoms. The lowest BCUT2D eigenvalue weighted by atomic mass is 9.96. The minimum absolute atomic E-state index is 0.0961. The Hall–Kier alpha value is 0.700. The number of hydrogen-bond donors (Lipinski definition) is 0. The summed E-state index contributed by atoms with van der Waals surface area (Å²) in [5.41, 5.74) is 0.218. The van der Waals surface area contributed by atoms with Crippen molar-refractivity contribution in [3.8, 4) is 0 Å². The fourth-order valence-electron chi connectivity index (χ4n) is 1.18. The van der Waals surface area contributed by atoms with Crippen LogP contribution in [0.15, 0.2) is 12.2 Å². The minimum Gasteiger partial charge on any atom is -0.460 e. The second kappa shape index (κ2) is 8.36. The second-order valence-corrected chi connectivity index (χ2v) is 8.64. The highest BCUT2D eigenvalue weighted by atomic mass is 79.9. The Morgan fingerprint density at radius 2 is 1.90 bits per heavy atom. The standard InChI is InChI=1S/C11H17Br2O5PS/c1-9(2)10(14)15-3-4-16-19(20)17-7-11(5-12,6-13)8-18-19/h1,3-8H2,2H3. The van der Waals surface area contributed by atoms with E-state index in [1.807, 2.05) is 0 Å². The molecule has 0 atom stereocenters. The summed E-state index contributed by atoms with van der Waals surface area (Å²) >= 11 is 12.1. The third-order valence-electron chi connectivity index (χ3n) is 2.54. The van der Waals surface area contributed by atoms with Crippen molar-refractivity contribution in [3.63, 3.8) is 0 Å². The van der Waals surface area contributed by atoms with Crippen LogP contribution in [0.2, 0.25) is 0 Å². The first kappa shape index (κ1) is 18.7. The molecule has 20 heavy (non-hydrogen) atoms. The van der Waals surface area contributed by atoms with E-state index < -0.39 is 12.7 Å². The van der Waals surface area contributed by atoms with E-state index in [9.17, 15) is 4.79 Å². The second-order valence-electron chi connectivity index (χ2n) is 4.51. The highest BCUT2D eigenvalue weighted by Crippen LogP contribution is 2.55. The van der Waals surface area contributed by atoms with Gasteiger partial charge in [-0.15, -0.1) is 0 Å². The van der Waals surface area contributed by atoms with Gasteiger partial charge in [-0.2, -0.15) is 0 Å². The quantitative estimate of drug-likeness (QED) is 0.195. The van der Waals surface area contributed by atoms with Crippen LogP contribution in [0.4, 0.5) is 0 Å². The third-order valence-corrected chi connectivity index (χ3v) is 7.26. The number of hydrogen-bond acceptors (Lipinski definition) is 6. The van der Waals surface area contributed by atoms with Crippen LogP contribution in [-0.2, 0) is 34.9 Å². The van der Waals surface area contributed by atoms with Crippen molar-refractivity contribution in [2.24, 2.45) is 5.41 Å². The summed E-state index contributed by atoms with van der Waals surface area (Å²) in [7, 11) is 0. The van der Waals surface area contributed by atoms with Crippen molar-refractivity contribution in [1.29, 1.82) is 0 Å². The number of rotatable bonds is 7. The SMILES string of the molecule is C=C(C)C(=O)OCCOP1(=S)OCC(CBr)(CBr)CO1. The van der Waals surface area contributed by atoms with Crippen molar-refractivity contribution in [3.05, 3.63) is 12.2 Å². The topological polar surface area (TPSA) is 54.0 Å². The van der Waals surface area contributed by atoms with Gasteiger partial charge in [-0.25, -0.2) is 4.79 Å². The first-order chi connectivity index (χ1) is 9.36. The van der Waals surface area contributed by atoms with E-state index in [0.29, 0.717) is 18.8 Å². The Morgan fingerprint density at radius 1 is 1.35 bits per heavy atom. The molecule has 1 saturated heterocycles. The van der Waals surface area contributed by atoms with Gasteiger partial charge in [-0.3, -0.25) is 0 Å². The molecule has 0 N–H and O–H groups in total. The molecule has 1 aliphatic rings. The maximum atomic E-state index is 11.2. The molecule has 0 spiro atoms. The van der Waals surface area contributed by atoms with E-state index in [-0.39, 0.29) is 18.6 Å². The van der Waals surface area contributed by atoms with Crippen LogP contribution >= 0.6 is 38.6 Å². The summed E-state index contributed by atoms with van der Waals surface area (Å²) in [6.45, 7) is 3.51. The van der Waals surface area contributed by atoms with Gasteiger partial charge in [0.15, 0.2) is 0 Å². The number of carbonyl (C=O) groups is 1. The molecule has 5 nitrogen and oxygen atoms in total. The fourth-order valence-corrected chi connectivity index (χ4v) is 4.68. The average Bonchev–Trinajstić information content (AvgIpc) is 2.45. The lowest BCUT2D eigenvalue weighted by molar-refractivity contribution is -0.139. The van der Waals surface area contributed by atoms with Gasteiger partial charge in [-0.05, 0) is 18.7 Å². The van der Waals surface area contributed by atoms with Crippen LogP contribution in [0, 0.1) is 5.41 Å². The molecule has 0 aromatic heterocycles. The van der Waals surface area contributed by atoms with Gasteiger partial charge >= 0.3 is 12.7 Å². The number of carbonyl (C=O) groups excluding carboxylic acids is 1. The monoisotopic (exact) mass is 450 g/mol. The van der Waals surface area contributed by atoms with Crippen LogP contribution in [0.3, 0.4) is 0 Å². The van der Waals surface area contributed by atoms with Crippen LogP contribution in [-0.4, -0.2) is 43.1 Å². The lowest BCUT2D eigenvalue weighted by Gasteiger charge is -2.38. The lowest BCUT2D eigenvalue weighted by Crippen LogP contribution is -2.39. The number of ether oxygens (including phenoxy) is 1. The molecule has 0 bridgehead atoms. The number of esters is 1. The Morgan fingerprint density at radius 3 is 2.35 bits per heavy atom.